The number of carbonyl (C=O) groups is 2. The van der Waals surface area contributed by atoms with Crippen LogP contribution in [0.1, 0.15) is 53.9 Å². The number of aliphatic hydroxyl groups excluding tert-OH is 1. The maximum Gasteiger partial charge on any atom is 0.320 e. The highest BCUT2D eigenvalue weighted by molar-refractivity contribution is 5.93. The molecule has 0 spiro atoms. The lowest BCUT2D eigenvalue weighted by Crippen LogP contribution is -2.81. The van der Waals surface area contributed by atoms with Crippen LogP contribution < -0.4 is 0 Å². The van der Waals surface area contributed by atoms with Crippen molar-refractivity contribution in [1.82, 2.24) is 4.90 Å². The van der Waals surface area contributed by atoms with Gasteiger partial charge in [-0.25, -0.2) is 0 Å². The first-order valence-corrected chi connectivity index (χ1v) is 12.2. The average molecular weight is 514 g/mol. The molecule has 0 radical (unpaired) electrons. The molecule has 35 heavy (non-hydrogen) atoms. The van der Waals surface area contributed by atoms with Gasteiger partial charge < -0.3 is 24.4 Å². The molecule has 0 unspecified atom stereocenters. The maximum atomic E-state index is 13.8. The van der Waals surface area contributed by atoms with Gasteiger partial charge >= 0.3 is 5.97 Å². The molecule has 6 atom stereocenters. The molecule has 0 aromatic carbocycles. The number of esters is 1. The van der Waals surface area contributed by atoms with Crippen molar-refractivity contribution in [1.29, 1.82) is 0 Å². The van der Waals surface area contributed by atoms with Crippen LogP contribution in [0.5, 0.6) is 0 Å². The molecule has 4 rings (SSSR count). The Labute approximate surface area is 214 Å². The fourth-order valence-corrected chi connectivity index (χ4v) is 6.72. The van der Waals surface area contributed by atoms with E-state index in [1.54, 1.807) is 26.8 Å². The summed E-state index contributed by atoms with van der Waals surface area (Å²) in [5, 5.41) is 23.6. The van der Waals surface area contributed by atoms with Gasteiger partial charge in [-0.1, -0.05) is 25.5 Å². The molecule has 1 saturated carbocycles. The van der Waals surface area contributed by atoms with Crippen molar-refractivity contribution < 1.29 is 34.0 Å². The minimum absolute atomic E-state index is 0. The van der Waals surface area contributed by atoms with Crippen LogP contribution in [0, 0.1) is 10.8 Å². The number of nitrogens with zero attached hydrogens (tertiary/aromatic N) is 1. The topological polar surface area (TPSA) is 106 Å². The third kappa shape index (κ3) is 4.10. The van der Waals surface area contributed by atoms with Crippen molar-refractivity contribution in [2.24, 2.45) is 10.8 Å². The van der Waals surface area contributed by atoms with Crippen LogP contribution in [-0.2, 0) is 23.8 Å². The Morgan fingerprint density at radius 1 is 1.26 bits per heavy atom. The normalized spacial score (nSPS) is 43.2. The van der Waals surface area contributed by atoms with E-state index in [0.29, 0.717) is 39.1 Å². The molecule has 0 aromatic rings. The molecule has 2 aliphatic carbocycles. The summed E-state index contributed by atoms with van der Waals surface area (Å²) in [6.07, 6.45) is 2.40. The molecule has 0 bridgehead atoms. The zero-order valence-electron chi connectivity index (χ0n) is 21.5. The predicted octanol–water partition coefficient (Wildman–Crippen LogP) is 2.20. The van der Waals surface area contributed by atoms with E-state index in [-0.39, 0.29) is 25.4 Å². The van der Waals surface area contributed by atoms with E-state index in [2.05, 4.69) is 6.58 Å². The summed E-state index contributed by atoms with van der Waals surface area (Å²) in [4.78, 5) is 28.8. The molecule has 2 heterocycles. The largest absolute Gasteiger partial charge is 0.454 e. The summed E-state index contributed by atoms with van der Waals surface area (Å²) in [6.45, 7) is 15.4. The Kier molecular flexibility index (Phi) is 7.46. The monoisotopic (exact) mass is 513 g/mol. The highest BCUT2D eigenvalue weighted by atomic mass is 35.5. The second kappa shape index (κ2) is 9.23. The maximum absolute atomic E-state index is 13.8. The first-order chi connectivity index (χ1) is 15.7. The van der Waals surface area contributed by atoms with Crippen molar-refractivity contribution in [3.05, 3.63) is 24.3 Å². The number of fused-ring (bicyclic) bond motifs is 3. The van der Waals surface area contributed by atoms with Crippen molar-refractivity contribution in [3.8, 4) is 0 Å². The number of ether oxygens (including phenoxy) is 3. The first-order valence-electron chi connectivity index (χ1n) is 12.2. The smallest absolute Gasteiger partial charge is 0.320 e. The zero-order valence-corrected chi connectivity index (χ0v) is 22.3. The molecule has 9 heteroatoms. The van der Waals surface area contributed by atoms with Gasteiger partial charge in [-0.15, -0.1) is 19.0 Å². The number of halogens is 1. The van der Waals surface area contributed by atoms with Crippen LogP contribution in [0.2, 0.25) is 0 Å². The van der Waals surface area contributed by atoms with Crippen molar-refractivity contribution in [3.63, 3.8) is 0 Å². The van der Waals surface area contributed by atoms with Gasteiger partial charge in [0.1, 0.15) is 5.60 Å². The van der Waals surface area contributed by atoms with E-state index in [9.17, 15) is 19.8 Å². The third-order valence-electron chi connectivity index (χ3n) is 8.84. The number of Topliss-reactive ketones (excluding diaryl/α,β-unsaturated/α-hetero) is 1. The lowest BCUT2D eigenvalue weighted by Gasteiger charge is -2.66. The standard InChI is InChI=1S/C26H39NO7.ClH/c1-7-23(4)15-19(29)26(31)24(5)17(22(2,3)9-8-18(24)28)14-20(25(26,6)34-23)33-21(30)16-27-10-12-32-13-11-27;/h7,14,18,20,28,31H,1,8-13,15-16H2,2-6H3;1H/t18-,20-,23-,24+,25+,26-;/m0./s1. The van der Waals surface area contributed by atoms with Crippen LogP contribution in [-0.4, -0.2) is 88.7 Å². The summed E-state index contributed by atoms with van der Waals surface area (Å²) in [5.74, 6) is -0.908. The van der Waals surface area contributed by atoms with Crippen LogP contribution in [0.25, 0.3) is 0 Å². The fraction of sp³-hybridized carbons (Fsp3) is 0.769. The molecule has 2 saturated heterocycles. The van der Waals surface area contributed by atoms with Gasteiger partial charge in [-0.3, -0.25) is 14.5 Å². The molecule has 4 aliphatic rings. The van der Waals surface area contributed by atoms with Crippen molar-refractivity contribution in [2.45, 2.75) is 82.9 Å². The summed E-state index contributed by atoms with van der Waals surface area (Å²) in [7, 11) is 0. The SMILES string of the molecule is C=C[C@@]1(C)CC(=O)[C@@]2(O)[C@](C)(O1)[C@@H](OC(=O)CN1CCOCC1)C=C1C(C)(C)CC[C@H](O)[C@@]12C.Cl. The number of hydrogen-bond donors (Lipinski definition) is 2. The summed E-state index contributed by atoms with van der Waals surface area (Å²) < 4.78 is 17.8. The molecule has 0 amide bonds. The Bertz CT molecular complexity index is 915. The Balaban J connectivity index is 0.00000342. The quantitative estimate of drug-likeness (QED) is 0.435. The lowest BCUT2D eigenvalue weighted by atomic mass is 9.44. The Hall–Kier alpha value is -1.29. The fourth-order valence-electron chi connectivity index (χ4n) is 6.72. The lowest BCUT2D eigenvalue weighted by molar-refractivity contribution is -0.305. The molecule has 0 aromatic heterocycles. The average Bonchev–Trinajstić information content (AvgIpc) is 2.76. The van der Waals surface area contributed by atoms with Gasteiger partial charge in [0, 0.05) is 19.5 Å². The van der Waals surface area contributed by atoms with Crippen LogP contribution in [0.15, 0.2) is 24.3 Å². The number of aliphatic hydroxyl groups is 2. The van der Waals surface area contributed by atoms with E-state index in [1.807, 2.05) is 24.8 Å². The molecular weight excluding hydrogens is 474 g/mol. The zero-order chi connectivity index (χ0) is 25.2. The van der Waals surface area contributed by atoms with E-state index in [4.69, 9.17) is 14.2 Å². The van der Waals surface area contributed by atoms with Gasteiger partial charge in [-0.2, -0.15) is 0 Å². The minimum atomic E-state index is -2.10. The van der Waals surface area contributed by atoms with Gasteiger partial charge in [0.15, 0.2) is 17.5 Å². The molecule has 3 fully saturated rings. The van der Waals surface area contributed by atoms with Crippen LogP contribution in [0.3, 0.4) is 0 Å². The van der Waals surface area contributed by atoms with Gasteiger partial charge in [0.2, 0.25) is 0 Å². The second-order valence-electron chi connectivity index (χ2n) is 11.6. The van der Waals surface area contributed by atoms with E-state index in [0.717, 1.165) is 5.57 Å². The number of ketones is 1. The Morgan fingerprint density at radius 2 is 1.89 bits per heavy atom. The number of rotatable bonds is 4. The molecule has 2 aliphatic heterocycles. The van der Waals surface area contributed by atoms with Crippen LogP contribution in [0.4, 0.5) is 0 Å². The molecular formula is C26H40ClNO7. The van der Waals surface area contributed by atoms with E-state index in [1.165, 1.54) is 0 Å². The number of hydrogen-bond acceptors (Lipinski definition) is 8. The summed E-state index contributed by atoms with van der Waals surface area (Å²) in [5.41, 5.74) is -5.77. The Morgan fingerprint density at radius 3 is 2.49 bits per heavy atom. The van der Waals surface area contributed by atoms with Crippen molar-refractivity contribution in [2.75, 3.05) is 32.8 Å². The van der Waals surface area contributed by atoms with Gasteiger partial charge in [-0.05, 0) is 45.1 Å². The molecule has 198 valence electrons. The van der Waals surface area contributed by atoms with Crippen LogP contribution >= 0.6 is 12.4 Å². The van der Waals surface area contributed by atoms with E-state index < -0.39 is 51.6 Å². The third-order valence-corrected chi connectivity index (χ3v) is 8.84. The molecule has 8 nitrogen and oxygen atoms in total. The van der Waals surface area contributed by atoms with Gasteiger partial charge in [0.05, 0.1) is 36.9 Å². The number of morpholine rings is 1. The van der Waals surface area contributed by atoms with Crippen molar-refractivity contribution >= 4 is 24.2 Å². The highest BCUT2D eigenvalue weighted by Gasteiger charge is 2.76. The second-order valence-corrected chi connectivity index (χ2v) is 11.6. The molecule has 2 N–H and O–H groups in total. The number of carbonyl (C=O) groups excluding carboxylic acids is 2. The first kappa shape index (κ1) is 28.3. The highest BCUT2D eigenvalue weighted by Crippen LogP contribution is 2.64. The van der Waals surface area contributed by atoms with Gasteiger partial charge in [0.25, 0.3) is 0 Å². The predicted molar refractivity (Wildman–Crippen MR) is 132 cm³/mol. The minimum Gasteiger partial charge on any atom is -0.454 e. The van der Waals surface area contributed by atoms with E-state index >= 15 is 0 Å². The summed E-state index contributed by atoms with van der Waals surface area (Å²) >= 11 is 0. The summed E-state index contributed by atoms with van der Waals surface area (Å²) in [6, 6.07) is 0.